The van der Waals surface area contributed by atoms with Crippen LogP contribution < -0.4 is 9.64 Å². The van der Waals surface area contributed by atoms with Crippen molar-refractivity contribution in [1.82, 2.24) is 14.9 Å². The van der Waals surface area contributed by atoms with Gasteiger partial charge >= 0.3 is 12.1 Å². The number of nitrogens with zero attached hydrogens (tertiary/aromatic N) is 5. The van der Waals surface area contributed by atoms with E-state index >= 15 is 0 Å². The smallest absolute Gasteiger partial charge is 0.474 e. The average Bonchev–Trinajstić information content (AvgIpc) is 3.40. The standard InChI is InChI=1S/C22H23ClF3N5O3S/c1-13(15-3-2-14-4-9-34-18(14)10-15)30-5-7-31(8-6-30)19-16-11-35(33,29-20(32)22(24,25)26)12-17(16)27-21(23)28-19/h2-3,10,13H,4-9,11-12H2,1H3. The van der Waals surface area contributed by atoms with Crippen molar-refractivity contribution < 1.29 is 26.9 Å². The molecular weight excluding hydrogens is 507 g/mol. The number of aromatic nitrogens is 2. The molecule has 188 valence electrons. The van der Waals surface area contributed by atoms with Gasteiger partial charge in [-0.15, -0.1) is 0 Å². The van der Waals surface area contributed by atoms with Crippen molar-refractivity contribution in [3.63, 3.8) is 0 Å². The minimum absolute atomic E-state index is 0.0847. The number of carbonyl (C=O) groups is 1. The highest BCUT2D eigenvalue weighted by Crippen LogP contribution is 2.36. The van der Waals surface area contributed by atoms with Crippen LogP contribution in [0.3, 0.4) is 0 Å². The molecule has 13 heteroatoms. The highest BCUT2D eigenvalue weighted by atomic mass is 35.5. The molecule has 2 aromatic rings. The van der Waals surface area contributed by atoms with Crippen molar-refractivity contribution in [2.75, 3.05) is 37.7 Å². The number of ether oxygens (including phenoxy) is 1. The second-order valence-corrected chi connectivity index (χ2v) is 11.5. The number of rotatable bonds is 3. The van der Waals surface area contributed by atoms with Crippen LogP contribution in [0.2, 0.25) is 5.28 Å². The third-order valence-electron chi connectivity index (χ3n) is 6.63. The lowest BCUT2D eigenvalue weighted by Crippen LogP contribution is -2.47. The minimum Gasteiger partial charge on any atom is -0.493 e. The lowest BCUT2D eigenvalue weighted by molar-refractivity contribution is -0.169. The third-order valence-corrected chi connectivity index (χ3v) is 8.76. The molecule has 0 saturated carbocycles. The first-order chi connectivity index (χ1) is 16.5. The van der Waals surface area contributed by atoms with Gasteiger partial charge < -0.3 is 9.64 Å². The second-order valence-electron chi connectivity index (χ2n) is 8.86. The summed E-state index contributed by atoms with van der Waals surface area (Å²) in [5.41, 5.74) is 3.11. The van der Waals surface area contributed by atoms with E-state index in [0.717, 1.165) is 12.2 Å². The summed E-state index contributed by atoms with van der Waals surface area (Å²) >= 11 is 6.08. The lowest BCUT2D eigenvalue weighted by atomic mass is 10.0. The maximum Gasteiger partial charge on any atom is 0.474 e. The molecule has 0 aliphatic carbocycles. The molecule has 0 spiro atoms. The maximum atomic E-state index is 13.0. The van der Waals surface area contributed by atoms with Crippen LogP contribution in [-0.2, 0) is 32.5 Å². The van der Waals surface area contributed by atoms with Crippen LogP contribution >= 0.6 is 11.6 Å². The molecular formula is C22H23ClF3N5O3S. The molecule has 2 unspecified atom stereocenters. The topological polar surface area (TPSA) is 88.0 Å². The number of halogens is 4. The Morgan fingerprint density at radius 3 is 2.66 bits per heavy atom. The molecule has 0 radical (unpaired) electrons. The highest BCUT2D eigenvalue weighted by Gasteiger charge is 2.41. The number of hydrogen-bond donors (Lipinski definition) is 0. The van der Waals surface area contributed by atoms with Gasteiger partial charge in [0.1, 0.15) is 11.6 Å². The first kappa shape index (κ1) is 24.3. The number of benzene rings is 1. The SMILES string of the molecule is CC(c1ccc2c(c1)OCC2)N1CCN(c2nc(Cl)nc3c2CS(=O)(=NC(=O)C(F)(F)F)C3)CC1. The van der Waals surface area contributed by atoms with Crippen molar-refractivity contribution >= 4 is 33.1 Å². The van der Waals surface area contributed by atoms with E-state index in [2.05, 4.69) is 44.4 Å². The predicted octanol–water partition coefficient (Wildman–Crippen LogP) is 3.52. The summed E-state index contributed by atoms with van der Waals surface area (Å²) in [6, 6.07) is 6.50. The third kappa shape index (κ3) is 4.83. The zero-order valence-electron chi connectivity index (χ0n) is 18.8. The molecule has 0 bridgehead atoms. The van der Waals surface area contributed by atoms with E-state index in [4.69, 9.17) is 16.3 Å². The van der Waals surface area contributed by atoms with Gasteiger partial charge in [-0.2, -0.15) is 17.5 Å². The minimum atomic E-state index is -5.18. The molecule has 1 fully saturated rings. The normalized spacial score (nSPS) is 22.9. The van der Waals surface area contributed by atoms with E-state index in [-0.39, 0.29) is 28.5 Å². The number of piperazine rings is 1. The van der Waals surface area contributed by atoms with Gasteiger partial charge in [0.25, 0.3) is 0 Å². The highest BCUT2D eigenvalue weighted by molar-refractivity contribution is 7.92. The van der Waals surface area contributed by atoms with Crippen molar-refractivity contribution in [2.24, 2.45) is 4.36 Å². The molecule has 1 aromatic heterocycles. The van der Waals surface area contributed by atoms with Crippen molar-refractivity contribution in [3.05, 3.63) is 45.9 Å². The molecule has 3 aliphatic heterocycles. The Hall–Kier alpha value is -2.44. The predicted molar refractivity (Wildman–Crippen MR) is 124 cm³/mol. The Bertz CT molecular complexity index is 1300. The van der Waals surface area contributed by atoms with Gasteiger partial charge in [0.15, 0.2) is 0 Å². The zero-order chi connectivity index (χ0) is 25.0. The van der Waals surface area contributed by atoms with Gasteiger partial charge in [0, 0.05) is 44.2 Å². The van der Waals surface area contributed by atoms with Crippen LogP contribution in [0.25, 0.3) is 0 Å². The number of anilines is 1. The van der Waals surface area contributed by atoms with E-state index in [1.165, 1.54) is 11.1 Å². The Labute approximate surface area is 205 Å². The fourth-order valence-electron chi connectivity index (χ4n) is 4.75. The molecule has 4 heterocycles. The van der Waals surface area contributed by atoms with Gasteiger partial charge in [-0.05, 0) is 35.7 Å². The van der Waals surface area contributed by atoms with Gasteiger partial charge in [0.05, 0.1) is 33.5 Å². The number of alkyl halides is 3. The van der Waals surface area contributed by atoms with Gasteiger partial charge in [0.2, 0.25) is 5.28 Å². The molecule has 0 N–H and O–H groups in total. The van der Waals surface area contributed by atoms with Gasteiger partial charge in [-0.1, -0.05) is 12.1 Å². The molecule has 8 nitrogen and oxygen atoms in total. The summed E-state index contributed by atoms with van der Waals surface area (Å²) in [7, 11) is -3.49. The van der Waals surface area contributed by atoms with E-state index in [1.807, 2.05) is 4.90 Å². The molecule has 1 saturated heterocycles. The number of amides is 1. The fourth-order valence-corrected chi connectivity index (χ4v) is 6.98. The Balaban J connectivity index is 1.32. The van der Waals surface area contributed by atoms with Crippen LogP contribution in [0.15, 0.2) is 22.6 Å². The van der Waals surface area contributed by atoms with Crippen molar-refractivity contribution in [3.8, 4) is 5.75 Å². The quantitative estimate of drug-likeness (QED) is 0.562. The number of carbonyl (C=O) groups excluding carboxylic acids is 1. The Morgan fingerprint density at radius 1 is 1.20 bits per heavy atom. The summed E-state index contributed by atoms with van der Waals surface area (Å²) < 4.78 is 59.8. The summed E-state index contributed by atoms with van der Waals surface area (Å²) in [5.74, 6) is -1.65. The van der Waals surface area contributed by atoms with E-state index in [0.29, 0.717) is 44.2 Å². The van der Waals surface area contributed by atoms with Crippen molar-refractivity contribution in [1.29, 1.82) is 0 Å². The monoisotopic (exact) mass is 529 g/mol. The molecule has 1 aromatic carbocycles. The van der Waals surface area contributed by atoms with E-state index in [1.54, 1.807) is 0 Å². The van der Waals surface area contributed by atoms with Crippen LogP contribution in [0.4, 0.5) is 19.0 Å². The van der Waals surface area contributed by atoms with Gasteiger partial charge in [-0.25, -0.2) is 14.2 Å². The molecule has 5 rings (SSSR count). The Kier molecular flexibility index (Phi) is 6.17. The van der Waals surface area contributed by atoms with Crippen LogP contribution in [0.1, 0.15) is 35.3 Å². The zero-order valence-corrected chi connectivity index (χ0v) is 20.4. The molecule has 1 amide bonds. The molecule has 2 atom stereocenters. The molecule has 35 heavy (non-hydrogen) atoms. The largest absolute Gasteiger partial charge is 0.493 e. The average molecular weight is 530 g/mol. The number of fused-ring (bicyclic) bond motifs is 2. The van der Waals surface area contributed by atoms with E-state index < -0.39 is 21.8 Å². The summed E-state index contributed by atoms with van der Waals surface area (Å²) in [4.78, 5) is 24.0. The first-order valence-corrected chi connectivity index (χ1v) is 13.4. The second kappa shape index (κ2) is 8.90. The van der Waals surface area contributed by atoms with Crippen LogP contribution in [0, 0.1) is 0 Å². The van der Waals surface area contributed by atoms with Crippen LogP contribution in [-0.4, -0.2) is 63.9 Å². The summed E-state index contributed by atoms with van der Waals surface area (Å²) in [6.07, 6.45) is -4.25. The molecule has 3 aliphatic rings. The van der Waals surface area contributed by atoms with E-state index in [9.17, 15) is 22.2 Å². The maximum absolute atomic E-state index is 13.0. The van der Waals surface area contributed by atoms with Crippen LogP contribution in [0.5, 0.6) is 5.75 Å². The Morgan fingerprint density at radius 2 is 1.94 bits per heavy atom. The lowest BCUT2D eigenvalue weighted by Gasteiger charge is -2.39. The fraction of sp³-hybridized carbons (Fsp3) is 0.500. The summed E-state index contributed by atoms with van der Waals surface area (Å²) in [5, 5.41) is -0.0847. The van der Waals surface area contributed by atoms with Crippen molar-refractivity contribution in [2.45, 2.75) is 37.1 Å². The van der Waals surface area contributed by atoms with Gasteiger partial charge in [-0.3, -0.25) is 9.69 Å². The first-order valence-electron chi connectivity index (χ1n) is 11.2. The number of hydrogen-bond acceptors (Lipinski definition) is 7. The summed E-state index contributed by atoms with van der Waals surface area (Å²) in [6.45, 7) is 5.45.